The first-order valence-corrected chi connectivity index (χ1v) is 14.1. The Bertz CT molecular complexity index is 1250. The summed E-state index contributed by atoms with van der Waals surface area (Å²) < 4.78 is 39.0. The van der Waals surface area contributed by atoms with Crippen molar-refractivity contribution in [3.8, 4) is 11.5 Å². The summed E-state index contributed by atoms with van der Waals surface area (Å²) in [6, 6.07) is 9.81. The monoisotopic (exact) mass is 594 g/mol. The summed E-state index contributed by atoms with van der Waals surface area (Å²) in [7, 11) is 0. The molecule has 1 atom stereocenters. The predicted octanol–water partition coefficient (Wildman–Crippen LogP) is 6.69. The number of aryl methyl sites for hydroxylation is 1. The maximum absolute atomic E-state index is 13.8. The van der Waals surface area contributed by atoms with Gasteiger partial charge in [0.25, 0.3) is 5.92 Å². The molecule has 224 valence electrons. The molecule has 3 rings (SSSR count). The normalized spacial score (nSPS) is 15.8. The number of nitrogens with zero attached hydrogens (tertiary/aromatic N) is 1. The van der Waals surface area contributed by atoms with E-state index >= 15 is 0 Å². The number of nitrogens with one attached hydrogen (secondary N) is 1. The lowest BCUT2D eigenvalue weighted by atomic mass is 9.73. The maximum Gasteiger partial charge on any atom is 0.329 e. The van der Waals surface area contributed by atoms with Gasteiger partial charge in [-0.2, -0.15) is 0 Å². The van der Waals surface area contributed by atoms with Crippen LogP contribution in [0.1, 0.15) is 80.9 Å². The Morgan fingerprint density at radius 2 is 1.73 bits per heavy atom. The van der Waals surface area contributed by atoms with E-state index < -0.39 is 42.3 Å². The number of unbranched alkanes of at least 4 members (excludes halogenated alkanes) is 1. The van der Waals surface area contributed by atoms with E-state index in [1.54, 1.807) is 26.8 Å². The number of halogens is 3. The fourth-order valence-electron chi connectivity index (χ4n) is 5.11. The molecule has 0 spiro atoms. The van der Waals surface area contributed by atoms with E-state index in [-0.39, 0.29) is 47.6 Å². The third kappa shape index (κ3) is 7.47. The molecule has 0 aliphatic heterocycles. The number of carbonyl (C=O) groups is 3. The zero-order chi connectivity index (χ0) is 30.4. The van der Waals surface area contributed by atoms with Crippen molar-refractivity contribution in [1.82, 2.24) is 10.2 Å². The van der Waals surface area contributed by atoms with Crippen LogP contribution < -0.4 is 14.8 Å². The number of benzene rings is 2. The smallest absolute Gasteiger partial charge is 0.329 e. The van der Waals surface area contributed by atoms with Gasteiger partial charge in [0.1, 0.15) is 11.3 Å². The van der Waals surface area contributed by atoms with Crippen LogP contribution in [0, 0.1) is 0 Å². The Labute approximate surface area is 244 Å². The number of rotatable bonds is 14. The minimum Gasteiger partial charge on any atom is -0.493 e. The van der Waals surface area contributed by atoms with E-state index in [9.17, 15) is 28.3 Å². The van der Waals surface area contributed by atoms with Crippen LogP contribution in [0.3, 0.4) is 0 Å². The summed E-state index contributed by atoms with van der Waals surface area (Å²) in [5.74, 6) is -4.65. The van der Waals surface area contributed by atoms with Gasteiger partial charge in [0.15, 0.2) is 17.1 Å². The summed E-state index contributed by atoms with van der Waals surface area (Å²) >= 11 is 6.77. The fourth-order valence-corrected chi connectivity index (χ4v) is 5.47. The van der Waals surface area contributed by atoms with Crippen molar-refractivity contribution in [1.29, 1.82) is 0 Å². The first-order valence-electron chi connectivity index (χ1n) is 13.7. The van der Waals surface area contributed by atoms with Crippen LogP contribution in [0.4, 0.5) is 13.6 Å². The average molecular weight is 595 g/mol. The molecule has 0 radical (unpaired) electrons. The SMILES string of the molecule is CCOc1cc([C@@H](C)N(CCCCc2ccccc2)C(=O)NC2(C(=O)O)CC(F)(F)C2)c(Cl)c(OCC)c1C(C)=O. The topological polar surface area (TPSA) is 105 Å². The minimum absolute atomic E-state index is 0.109. The molecule has 0 saturated heterocycles. The third-order valence-electron chi connectivity index (χ3n) is 7.17. The lowest BCUT2D eigenvalue weighted by Gasteiger charge is -2.45. The maximum atomic E-state index is 13.8. The van der Waals surface area contributed by atoms with Gasteiger partial charge in [-0.3, -0.25) is 4.79 Å². The molecule has 41 heavy (non-hydrogen) atoms. The van der Waals surface area contributed by atoms with E-state index in [4.69, 9.17) is 21.1 Å². The molecule has 1 fully saturated rings. The number of carboxylic acids is 1. The number of ketones is 1. The Hall–Kier alpha value is -3.40. The molecule has 0 heterocycles. The van der Waals surface area contributed by atoms with E-state index in [0.29, 0.717) is 18.4 Å². The summed E-state index contributed by atoms with van der Waals surface area (Å²) in [5.41, 5.74) is -0.360. The summed E-state index contributed by atoms with van der Waals surface area (Å²) in [5, 5.41) is 12.2. The number of ether oxygens (including phenoxy) is 2. The number of carboxylic acid groups (broad SMARTS) is 1. The Morgan fingerprint density at radius 1 is 1.10 bits per heavy atom. The quantitative estimate of drug-likeness (QED) is 0.187. The molecule has 1 saturated carbocycles. The van der Waals surface area contributed by atoms with Gasteiger partial charge < -0.3 is 24.8 Å². The number of amides is 2. The van der Waals surface area contributed by atoms with Gasteiger partial charge in [0, 0.05) is 24.9 Å². The van der Waals surface area contributed by atoms with Crippen molar-refractivity contribution >= 4 is 29.4 Å². The molecule has 1 aliphatic carbocycles. The molecule has 8 nitrogen and oxygen atoms in total. The Morgan fingerprint density at radius 3 is 2.27 bits per heavy atom. The molecule has 2 amide bonds. The van der Waals surface area contributed by atoms with Gasteiger partial charge in [-0.05, 0) is 58.6 Å². The van der Waals surface area contributed by atoms with Crippen molar-refractivity contribution in [2.45, 2.75) is 77.3 Å². The Balaban J connectivity index is 1.96. The average Bonchev–Trinajstić information content (AvgIpc) is 2.89. The summed E-state index contributed by atoms with van der Waals surface area (Å²) in [4.78, 5) is 39.4. The number of alkyl halides is 2. The molecule has 11 heteroatoms. The van der Waals surface area contributed by atoms with Crippen molar-refractivity contribution in [2.24, 2.45) is 0 Å². The number of hydrogen-bond acceptors (Lipinski definition) is 5. The molecule has 2 aromatic rings. The van der Waals surface area contributed by atoms with Crippen LogP contribution in [0.15, 0.2) is 36.4 Å². The fraction of sp³-hybridized carbons (Fsp3) is 0.500. The highest BCUT2D eigenvalue weighted by Crippen LogP contribution is 2.47. The highest BCUT2D eigenvalue weighted by atomic mass is 35.5. The molecule has 1 aliphatic rings. The molecular weight excluding hydrogens is 558 g/mol. The molecule has 0 unspecified atom stereocenters. The van der Waals surface area contributed by atoms with Crippen LogP contribution in [0.5, 0.6) is 11.5 Å². The summed E-state index contributed by atoms with van der Waals surface area (Å²) in [6.45, 7) is 7.20. The number of urea groups is 1. The number of Topliss-reactive ketones (excluding diaryl/α,β-unsaturated/α-hetero) is 1. The molecule has 0 bridgehead atoms. The van der Waals surface area contributed by atoms with Gasteiger partial charge in [0.2, 0.25) is 0 Å². The highest BCUT2D eigenvalue weighted by molar-refractivity contribution is 6.33. The second-order valence-corrected chi connectivity index (χ2v) is 10.6. The van der Waals surface area contributed by atoms with Crippen LogP contribution in [0.25, 0.3) is 0 Å². The molecule has 2 N–H and O–H groups in total. The lowest BCUT2D eigenvalue weighted by molar-refractivity contribution is -0.175. The van der Waals surface area contributed by atoms with E-state index in [0.717, 1.165) is 12.0 Å². The largest absolute Gasteiger partial charge is 0.493 e. The van der Waals surface area contributed by atoms with E-state index in [1.165, 1.54) is 11.8 Å². The zero-order valence-electron chi connectivity index (χ0n) is 23.8. The van der Waals surface area contributed by atoms with Gasteiger partial charge in [-0.1, -0.05) is 41.9 Å². The first-order chi connectivity index (χ1) is 19.4. The van der Waals surface area contributed by atoms with Gasteiger partial charge in [-0.15, -0.1) is 0 Å². The van der Waals surface area contributed by atoms with Crippen molar-refractivity contribution in [3.63, 3.8) is 0 Å². The van der Waals surface area contributed by atoms with Crippen molar-refractivity contribution < 1.29 is 37.7 Å². The van der Waals surface area contributed by atoms with E-state index in [2.05, 4.69) is 5.32 Å². The molecular formula is C30H37ClF2N2O6. The molecule has 0 aromatic heterocycles. The van der Waals surface area contributed by atoms with Crippen molar-refractivity contribution in [2.75, 3.05) is 19.8 Å². The second kappa shape index (κ2) is 13.5. The van der Waals surface area contributed by atoms with Gasteiger partial charge >= 0.3 is 12.0 Å². The number of aliphatic carboxylic acids is 1. The summed E-state index contributed by atoms with van der Waals surface area (Å²) in [6.07, 6.45) is 0.0341. The van der Waals surface area contributed by atoms with Gasteiger partial charge in [0.05, 0.1) is 24.3 Å². The van der Waals surface area contributed by atoms with E-state index in [1.807, 2.05) is 30.3 Å². The van der Waals surface area contributed by atoms with Crippen LogP contribution in [0.2, 0.25) is 5.02 Å². The minimum atomic E-state index is -3.18. The zero-order valence-corrected chi connectivity index (χ0v) is 24.5. The van der Waals surface area contributed by atoms with Crippen LogP contribution in [-0.4, -0.2) is 59.0 Å². The second-order valence-electron chi connectivity index (χ2n) is 10.2. The number of hydrogen-bond donors (Lipinski definition) is 2. The molecule has 2 aromatic carbocycles. The highest BCUT2D eigenvalue weighted by Gasteiger charge is 2.62. The van der Waals surface area contributed by atoms with Gasteiger partial charge in [-0.25, -0.2) is 18.4 Å². The third-order valence-corrected chi connectivity index (χ3v) is 7.56. The first kappa shape index (κ1) is 32.1. The van der Waals surface area contributed by atoms with Crippen LogP contribution >= 0.6 is 11.6 Å². The Kier molecular flexibility index (Phi) is 10.6. The lowest BCUT2D eigenvalue weighted by Crippen LogP contribution is -2.68. The van der Waals surface area contributed by atoms with Crippen LogP contribution in [-0.2, 0) is 11.2 Å². The number of carbonyl (C=O) groups excluding carboxylic acids is 2. The van der Waals surface area contributed by atoms with Crippen molar-refractivity contribution in [3.05, 3.63) is 58.1 Å². The predicted molar refractivity (Wildman–Crippen MR) is 151 cm³/mol. The standard InChI is InChI=1S/C30H37ClF2N2O6/c1-5-40-23-16-22(25(31)26(41-6-2)24(23)20(4)36)19(3)35(15-11-10-14-21-12-8-7-9-13-21)28(39)34-29(27(37)38)17-30(32,33)18-29/h7-9,12-13,16,19H,5-6,10-11,14-15,17-18H2,1-4H3,(H,34,39)(H,37,38)/t19-/m1/s1.